The van der Waals surface area contributed by atoms with Crippen LogP contribution < -0.4 is 16.4 Å². The Labute approximate surface area is 120 Å². The first-order valence-electron chi connectivity index (χ1n) is 6.64. The van der Waals surface area contributed by atoms with E-state index in [9.17, 15) is 14.4 Å². The van der Waals surface area contributed by atoms with Crippen LogP contribution in [0.3, 0.4) is 0 Å². The maximum absolute atomic E-state index is 12.2. The van der Waals surface area contributed by atoms with E-state index in [1.165, 1.54) is 0 Å². The van der Waals surface area contributed by atoms with Gasteiger partial charge in [0.1, 0.15) is 0 Å². The molecule has 0 bridgehead atoms. The van der Waals surface area contributed by atoms with Crippen LogP contribution >= 0.6 is 0 Å². The van der Waals surface area contributed by atoms with E-state index >= 15 is 0 Å². The fourth-order valence-corrected chi connectivity index (χ4v) is 3.08. The summed E-state index contributed by atoms with van der Waals surface area (Å²) in [5.41, 5.74) is 5.25. The van der Waals surface area contributed by atoms with Gasteiger partial charge in [0.05, 0.1) is 6.61 Å². The zero-order chi connectivity index (χ0) is 15.0. The number of benzene rings is 1. The molecule has 110 valence electrons. The number of hydrogen-bond donors (Lipinski definition) is 3. The van der Waals surface area contributed by atoms with Crippen molar-refractivity contribution in [1.29, 1.82) is 0 Å². The summed E-state index contributed by atoms with van der Waals surface area (Å²) < 4.78 is 5.39. The molecule has 0 saturated carbocycles. The van der Waals surface area contributed by atoms with Crippen molar-refractivity contribution in [3.63, 3.8) is 0 Å². The van der Waals surface area contributed by atoms with Crippen LogP contribution in [0, 0.1) is 0 Å². The molecule has 1 aromatic carbocycles. The predicted octanol–water partition coefficient (Wildman–Crippen LogP) is -0.132. The Balaban J connectivity index is 2.09. The quantitative estimate of drug-likeness (QED) is 0.658. The zero-order valence-corrected chi connectivity index (χ0v) is 11.2. The number of nitrogens with two attached hydrogens (primary N) is 1. The molecule has 4 amide bonds. The SMILES string of the molecule is NC(=O)c1ccccc1C1CCOCC12NC(=O)NC2=O. The van der Waals surface area contributed by atoms with Crippen molar-refractivity contribution in [2.75, 3.05) is 13.2 Å². The maximum Gasteiger partial charge on any atom is 0.322 e. The highest BCUT2D eigenvalue weighted by Gasteiger charge is 2.54. The molecular formula is C14H15N3O4. The molecule has 7 nitrogen and oxygen atoms in total. The number of hydrogen-bond acceptors (Lipinski definition) is 4. The minimum atomic E-state index is -1.18. The van der Waals surface area contributed by atoms with Gasteiger partial charge in [-0.3, -0.25) is 14.9 Å². The second-order valence-electron chi connectivity index (χ2n) is 5.22. The topological polar surface area (TPSA) is 111 Å². The first kappa shape index (κ1) is 13.6. The third-order valence-corrected chi connectivity index (χ3v) is 4.05. The molecule has 2 aliphatic heterocycles. The van der Waals surface area contributed by atoms with Gasteiger partial charge in [0.25, 0.3) is 5.91 Å². The average Bonchev–Trinajstić information content (AvgIpc) is 2.74. The van der Waals surface area contributed by atoms with Gasteiger partial charge in [-0.05, 0) is 18.1 Å². The Morgan fingerprint density at radius 3 is 2.76 bits per heavy atom. The van der Waals surface area contributed by atoms with E-state index < -0.39 is 23.4 Å². The number of urea groups is 1. The van der Waals surface area contributed by atoms with Crippen molar-refractivity contribution in [2.45, 2.75) is 17.9 Å². The van der Waals surface area contributed by atoms with Crippen molar-refractivity contribution in [3.05, 3.63) is 35.4 Å². The van der Waals surface area contributed by atoms with Gasteiger partial charge in [0.15, 0.2) is 5.54 Å². The van der Waals surface area contributed by atoms with Crippen molar-refractivity contribution in [3.8, 4) is 0 Å². The summed E-state index contributed by atoms with van der Waals surface area (Å²) in [7, 11) is 0. The summed E-state index contributed by atoms with van der Waals surface area (Å²) in [4.78, 5) is 35.4. The van der Waals surface area contributed by atoms with Crippen LogP contribution in [0.4, 0.5) is 4.79 Å². The van der Waals surface area contributed by atoms with Crippen molar-refractivity contribution in [1.82, 2.24) is 10.6 Å². The third kappa shape index (κ3) is 2.06. The first-order chi connectivity index (χ1) is 10.0. The minimum absolute atomic E-state index is 0.0718. The van der Waals surface area contributed by atoms with Gasteiger partial charge >= 0.3 is 6.03 Å². The lowest BCUT2D eigenvalue weighted by atomic mass is 9.74. The van der Waals surface area contributed by atoms with Crippen molar-refractivity contribution >= 4 is 17.8 Å². The molecule has 2 unspecified atom stereocenters. The van der Waals surface area contributed by atoms with Gasteiger partial charge in [-0.2, -0.15) is 0 Å². The van der Waals surface area contributed by atoms with Crippen LogP contribution in [0.15, 0.2) is 24.3 Å². The summed E-state index contributed by atoms with van der Waals surface area (Å²) in [6.45, 7) is 0.519. The van der Waals surface area contributed by atoms with E-state index in [4.69, 9.17) is 10.5 Å². The van der Waals surface area contributed by atoms with E-state index in [0.717, 1.165) is 0 Å². The van der Waals surface area contributed by atoms with Gasteiger partial charge in [0.2, 0.25) is 5.91 Å². The number of rotatable bonds is 2. The maximum atomic E-state index is 12.2. The molecule has 1 aromatic rings. The Morgan fingerprint density at radius 1 is 1.33 bits per heavy atom. The van der Waals surface area contributed by atoms with Crippen LogP contribution in [-0.4, -0.2) is 36.6 Å². The van der Waals surface area contributed by atoms with Gasteiger partial charge in [-0.25, -0.2) is 4.79 Å². The molecule has 21 heavy (non-hydrogen) atoms. The Kier molecular flexibility index (Phi) is 3.13. The highest BCUT2D eigenvalue weighted by Crippen LogP contribution is 2.38. The molecule has 2 saturated heterocycles. The Morgan fingerprint density at radius 2 is 2.10 bits per heavy atom. The van der Waals surface area contributed by atoms with E-state index in [1.54, 1.807) is 24.3 Å². The van der Waals surface area contributed by atoms with Gasteiger partial charge in [0, 0.05) is 18.1 Å². The van der Waals surface area contributed by atoms with Crippen molar-refractivity contribution < 1.29 is 19.1 Å². The van der Waals surface area contributed by atoms with E-state index in [0.29, 0.717) is 24.2 Å². The first-order valence-corrected chi connectivity index (χ1v) is 6.64. The summed E-state index contributed by atoms with van der Waals surface area (Å²) in [5, 5.41) is 4.90. The summed E-state index contributed by atoms with van der Waals surface area (Å²) in [6.07, 6.45) is 0.512. The van der Waals surface area contributed by atoms with Crippen LogP contribution in [0.5, 0.6) is 0 Å². The molecule has 2 atom stereocenters. The predicted molar refractivity (Wildman–Crippen MR) is 72.5 cm³/mol. The number of nitrogens with one attached hydrogen (secondary N) is 2. The van der Waals surface area contributed by atoms with Gasteiger partial charge < -0.3 is 15.8 Å². The Bertz CT molecular complexity index is 630. The standard InChI is InChI=1S/C14H15N3O4/c15-11(18)9-4-2-1-3-8(9)10-5-6-21-7-14(10)12(19)16-13(20)17-14/h1-4,10H,5-7H2,(H2,15,18)(H2,16,17,19,20). The molecule has 1 spiro atoms. The second kappa shape index (κ2) is 4.85. The lowest BCUT2D eigenvalue weighted by Gasteiger charge is -2.39. The highest BCUT2D eigenvalue weighted by atomic mass is 16.5. The summed E-state index contributed by atoms with van der Waals surface area (Å²) >= 11 is 0. The number of carbonyl (C=O) groups is 3. The van der Waals surface area contributed by atoms with Crippen molar-refractivity contribution in [2.24, 2.45) is 5.73 Å². The number of ether oxygens (including phenoxy) is 1. The van der Waals surface area contributed by atoms with E-state index in [2.05, 4.69) is 10.6 Å². The molecule has 2 aliphatic rings. The number of primary amides is 1. The third-order valence-electron chi connectivity index (χ3n) is 4.05. The van der Waals surface area contributed by atoms with Crippen LogP contribution in [0.2, 0.25) is 0 Å². The minimum Gasteiger partial charge on any atom is -0.378 e. The largest absolute Gasteiger partial charge is 0.378 e. The summed E-state index contributed by atoms with van der Waals surface area (Å²) in [5.74, 6) is -1.35. The lowest BCUT2D eigenvalue weighted by Crippen LogP contribution is -2.58. The summed E-state index contributed by atoms with van der Waals surface area (Å²) in [6, 6.07) is 6.32. The number of imide groups is 1. The monoisotopic (exact) mass is 289 g/mol. The fraction of sp³-hybridized carbons (Fsp3) is 0.357. The van der Waals surface area contributed by atoms with Crippen LogP contribution in [-0.2, 0) is 9.53 Å². The van der Waals surface area contributed by atoms with E-state index in [1.807, 2.05) is 0 Å². The second-order valence-corrected chi connectivity index (χ2v) is 5.22. The smallest absolute Gasteiger partial charge is 0.322 e. The fourth-order valence-electron chi connectivity index (χ4n) is 3.08. The highest BCUT2D eigenvalue weighted by molar-refractivity contribution is 6.08. The van der Waals surface area contributed by atoms with Gasteiger partial charge in [-0.1, -0.05) is 18.2 Å². The molecule has 2 fully saturated rings. The molecule has 7 heteroatoms. The normalized spacial score (nSPS) is 28.3. The molecule has 0 aliphatic carbocycles. The molecule has 0 radical (unpaired) electrons. The molecule has 2 heterocycles. The molecule has 3 rings (SSSR count). The Hall–Kier alpha value is -2.41. The molecule has 4 N–H and O–H groups in total. The van der Waals surface area contributed by atoms with Crippen LogP contribution in [0.25, 0.3) is 0 Å². The molecular weight excluding hydrogens is 274 g/mol. The van der Waals surface area contributed by atoms with Crippen LogP contribution in [0.1, 0.15) is 28.3 Å². The van der Waals surface area contributed by atoms with Gasteiger partial charge in [-0.15, -0.1) is 0 Å². The number of amides is 4. The molecule has 0 aromatic heterocycles. The lowest BCUT2D eigenvalue weighted by molar-refractivity contribution is -0.129. The average molecular weight is 289 g/mol. The zero-order valence-electron chi connectivity index (χ0n) is 11.2. The number of carbonyl (C=O) groups excluding carboxylic acids is 3. The van der Waals surface area contributed by atoms with E-state index in [-0.39, 0.29) is 12.5 Å².